The van der Waals surface area contributed by atoms with E-state index in [1.54, 1.807) is 0 Å². The zero-order chi connectivity index (χ0) is 17.6. The maximum atomic E-state index is 12.9. The van der Waals surface area contributed by atoms with Crippen molar-refractivity contribution >= 4 is 22.6 Å². The summed E-state index contributed by atoms with van der Waals surface area (Å²) in [6.45, 7) is 0.306. The number of carbonyl (C=O) groups is 1. The number of hydrogen-bond donors (Lipinski definition) is 1. The number of amides is 1. The van der Waals surface area contributed by atoms with Crippen LogP contribution < -0.4 is 4.90 Å². The minimum absolute atomic E-state index is 0.172. The first kappa shape index (κ1) is 15.7. The van der Waals surface area contributed by atoms with E-state index in [0.717, 1.165) is 23.2 Å². The molecule has 2 aromatic carbocycles. The van der Waals surface area contributed by atoms with E-state index in [2.05, 4.69) is 9.97 Å². The van der Waals surface area contributed by atoms with Gasteiger partial charge in [0.15, 0.2) is 0 Å². The number of carbonyl (C=O) groups excluding carboxylic acids is 1. The number of hydrogen-bond acceptors (Lipinski definition) is 2. The van der Waals surface area contributed by atoms with Gasteiger partial charge in [0.05, 0.1) is 16.6 Å². The summed E-state index contributed by atoms with van der Waals surface area (Å²) < 4.78 is 38.7. The quantitative estimate of drug-likeness (QED) is 0.760. The van der Waals surface area contributed by atoms with Gasteiger partial charge in [-0.1, -0.05) is 18.2 Å². The Hall–Kier alpha value is -2.83. The Morgan fingerprint density at radius 3 is 2.68 bits per heavy atom. The number of benzene rings is 2. The molecular formula is C18H14F3N3O. The lowest BCUT2D eigenvalue weighted by Crippen LogP contribution is -2.24. The monoisotopic (exact) mass is 345 g/mol. The van der Waals surface area contributed by atoms with Crippen molar-refractivity contribution in [1.82, 2.24) is 9.97 Å². The number of aromatic amines is 1. The molecule has 1 N–H and O–H groups in total. The number of nitrogens with zero attached hydrogens (tertiary/aromatic N) is 2. The maximum Gasteiger partial charge on any atom is 0.416 e. The predicted molar refractivity (Wildman–Crippen MR) is 87.2 cm³/mol. The molecule has 4 nitrogen and oxygen atoms in total. The van der Waals surface area contributed by atoms with Gasteiger partial charge in [0.1, 0.15) is 5.82 Å². The summed E-state index contributed by atoms with van der Waals surface area (Å²) in [5.74, 6) is 0.309. The van der Waals surface area contributed by atoms with Gasteiger partial charge in [0.25, 0.3) is 0 Å². The third kappa shape index (κ3) is 2.86. The molecule has 1 amide bonds. The van der Waals surface area contributed by atoms with Crippen LogP contribution in [0.3, 0.4) is 0 Å². The highest BCUT2D eigenvalue weighted by molar-refractivity contribution is 5.96. The minimum Gasteiger partial charge on any atom is -0.342 e. The molecule has 0 aliphatic carbocycles. The summed E-state index contributed by atoms with van der Waals surface area (Å²) in [4.78, 5) is 21.4. The third-order valence-electron chi connectivity index (χ3n) is 4.40. The number of rotatable bonds is 2. The number of aromatic nitrogens is 2. The molecular weight excluding hydrogens is 331 g/mol. The summed E-state index contributed by atoms with van der Waals surface area (Å²) in [5.41, 5.74) is 1.19. The summed E-state index contributed by atoms with van der Waals surface area (Å²) in [5, 5.41) is 0. The number of imidazole rings is 1. The van der Waals surface area contributed by atoms with Gasteiger partial charge >= 0.3 is 6.18 Å². The van der Waals surface area contributed by atoms with Gasteiger partial charge in [-0.05, 0) is 30.3 Å². The van der Waals surface area contributed by atoms with Gasteiger partial charge in [-0.3, -0.25) is 4.79 Å². The Balaban J connectivity index is 1.62. The highest BCUT2D eigenvalue weighted by Crippen LogP contribution is 2.35. The van der Waals surface area contributed by atoms with Gasteiger partial charge in [0.2, 0.25) is 5.91 Å². The van der Waals surface area contributed by atoms with Crippen LogP contribution >= 0.6 is 0 Å². The van der Waals surface area contributed by atoms with Gasteiger partial charge in [-0.15, -0.1) is 0 Å². The first-order chi connectivity index (χ1) is 11.9. The van der Waals surface area contributed by atoms with E-state index in [-0.39, 0.29) is 23.9 Å². The summed E-state index contributed by atoms with van der Waals surface area (Å²) >= 11 is 0. The molecule has 4 rings (SSSR count). The highest BCUT2D eigenvalue weighted by Gasteiger charge is 2.35. The zero-order valence-corrected chi connectivity index (χ0v) is 13.0. The van der Waals surface area contributed by atoms with Crippen LogP contribution in [0.5, 0.6) is 0 Å². The molecule has 0 bridgehead atoms. The standard InChI is InChI=1S/C18H14F3N3O/c19-18(20,21)12-4-3-5-13(9-12)24-10-11(8-16(24)25)17-22-14-6-1-2-7-15(14)23-17/h1-7,9,11H,8,10H2,(H,22,23)/t11-/m0/s1. The molecule has 0 unspecified atom stereocenters. The predicted octanol–water partition coefficient (Wildman–Crippen LogP) is 4.10. The highest BCUT2D eigenvalue weighted by atomic mass is 19.4. The molecule has 1 aromatic heterocycles. The van der Waals surface area contributed by atoms with E-state index < -0.39 is 11.7 Å². The lowest BCUT2D eigenvalue weighted by Gasteiger charge is -2.18. The molecule has 1 aliphatic rings. The summed E-state index contributed by atoms with van der Waals surface area (Å²) in [6, 6.07) is 12.4. The largest absolute Gasteiger partial charge is 0.416 e. The molecule has 2 heterocycles. The first-order valence-electron chi connectivity index (χ1n) is 7.84. The minimum atomic E-state index is -4.43. The molecule has 1 saturated heterocycles. The maximum absolute atomic E-state index is 12.9. The molecule has 0 spiro atoms. The van der Waals surface area contributed by atoms with Crippen molar-refractivity contribution in [1.29, 1.82) is 0 Å². The van der Waals surface area contributed by atoms with Crippen molar-refractivity contribution in [2.45, 2.75) is 18.5 Å². The fourth-order valence-corrected chi connectivity index (χ4v) is 3.16. The molecule has 25 heavy (non-hydrogen) atoms. The topological polar surface area (TPSA) is 49.0 Å². The average molecular weight is 345 g/mol. The van der Waals surface area contributed by atoms with Crippen LogP contribution in [-0.4, -0.2) is 22.4 Å². The van der Waals surface area contributed by atoms with Gasteiger partial charge in [-0.25, -0.2) is 4.98 Å². The third-order valence-corrected chi connectivity index (χ3v) is 4.40. The van der Waals surface area contributed by atoms with Crippen molar-refractivity contribution < 1.29 is 18.0 Å². The van der Waals surface area contributed by atoms with Crippen molar-refractivity contribution in [3.63, 3.8) is 0 Å². The fourth-order valence-electron chi connectivity index (χ4n) is 3.16. The number of halogens is 3. The number of fused-ring (bicyclic) bond motifs is 1. The summed E-state index contributed by atoms with van der Waals surface area (Å²) in [6.07, 6.45) is -4.22. The number of para-hydroxylation sites is 2. The van der Waals surface area contributed by atoms with Crippen LogP contribution in [0.15, 0.2) is 48.5 Å². The number of H-pyrrole nitrogens is 1. The molecule has 0 radical (unpaired) electrons. The molecule has 1 aliphatic heterocycles. The number of alkyl halides is 3. The van der Waals surface area contributed by atoms with Gasteiger partial charge in [-0.2, -0.15) is 13.2 Å². The van der Waals surface area contributed by atoms with Crippen LogP contribution in [0.1, 0.15) is 23.7 Å². The van der Waals surface area contributed by atoms with Crippen LogP contribution in [0.2, 0.25) is 0 Å². The van der Waals surface area contributed by atoms with Gasteiger partial charge < -0.3 is 9.88 Å². The van der Waals surface area contributed by atoms with Crippen LogP contribution in [0.25, 0.3) is 11.0 Å². The van der Waals surface area contributed by atoms with Crippen molar-refractivity contribution in [3.05, 3.63) is 59.9 Å². The number of nitrogens with one attached hydrogen (secondary N) is 1. The molecule has 3 aromatic rings. The van der Waals surface area contributed by atoms with Crippen LogP contribution in [0.4, 0.5) is 18.9 Å². The van der Waals surface area contributed by atoms with E-state index in [1.807, 2.05) is 24.3 Å². The van der Waals surface area contributed by atoms with Crippen molar-refractivity contribution in [2.75, 3.05) is 11.4 Å². The van der Waals surface area contributed by atoms with E-state index in [0.29, 0.717) is 12.4 Å². The lowest BCUT2D eigenvalue weighted by molar-refractivity contribution is -0.137. The first-order valence-corrected chi connectivity index (χ1v) is 7.84. The fraction of sp³-hybridized carbons (Fsp3) is 0.222. The SMILES string of the molecule is O=C1C[C@H](c2nc3ccccc3[nH]2)CN1c1cccc(C(F)(F)F)c1. The summed E-state index contributed by atoms with van der Waals surface area (Å²) in [7, 11) is 0. The van der Waals surface area contributed by atoms with Crippen molar-refractivity contribution in [2.24, 2.45) is 0 Å². The Kier molecular flexibility index (Phi) is 3.52. The Bertz CT molecular complexity index is 915. The van der Waals surface area contributed by atoms with Crippen LogP contribution in [0, 0.1) is 0 Å². The Labute approximate surface area is 141 Å². The molecule has 7 heteroatoms. The second-order valence-corrected chi connectivity index (χ2v) is 6.09. The second-order valence-electron chi connectivity index (χ2n) is 6.09. The van der Waals surface area contributed by atoms with E-state index in [9.17, 15) is 18.0 Å². The smallest absolute Gasteiger partial charge is 0.342 e. The average Bonchev–Trinajstić information content (AvgIpc) is 3.17. The lowest BCUT2D eigenvalue weighted by atomic mass is 10.1. The van der Waals surface area contributed by atoms with E-state index in [4.69, 9.17) is 0 Å². The number of anilines is 1. The zero-order valence-electron chi connectivity index (χ0n) is 13.0. The van der Waals surface area contributed by atoms with E-state index >= 15 is 0 Å². The Morgan fingerprint density at radius 2 is 1.92 bits per heavy atom. The normalized spacial score (nSPS) is 18.3. The van der Waals surface area contributed by atoms with E-state index in [1.165, 1.54) is 17.0 Å². The molecule has 0 saturated carbocycles. The molecule has 1 fully saturated rings. The van der Waals surface area contributed by atoms with Crippen LogP contribution in [-0.2, 0) is 11.0 Å². The molecule has 1 atom stereocenters. The molecule has 128 valence electrons. The van der Waals surface area contributed by atoms with Gasteiger partial charge in [0, 0.05) is 24.6 Å². The second kappa shape index (κ2) is 5.61. The van der Waals surface area contributed by atoms with Crippen molar-refractivity contribution in [3.8, 4) is 0 Å². The Morgan fingerprint density at radius 1 is 1.12 bits per heavy atom.